The monoisotopic (exact) mass is 332 g/mol. The average molecular weight is 333 g/mol. The van der Waals surface area contributed by atoms with Gasteiger partial charge in [0.05, 0.1) is 17.6 Å². The Morgan fingerprint density at radius 1 is 1.26 bits per heavy atom. The third-order valence-electron chi connectivity index (χ3n) is 3.66. The van der Waals surface area contributed by atoms with Gasteiger partial charge in [0, 0.05) is 34.7 Å². The van der Waals surface area contributed by atoms with Crippen LogP contribution < -0.4 is 10.1 Å². The summed E-state index contributed by atoms with van der Waals surface area (Å²) < 4.78 is 5.55. The fourth-order valence-electron chi connectivity index (χ4n) is 2.49. The summed E-state index contributed by atoms with van der Waals surface area (Å²) >= 11 is 6.01. The molecule has 0 fully saturated rings. The lowest BCUT2D eigenvalue weighted by Gasteiger charge is -2.27. The van der Waals surface area contributed by atoms with Gasteiger partial charge in [-0.15, -0.1) is 0 Å². The molecule has 0 saturated heterocycles. The average Bonchev–Trinajstić information content (AvgIpc) is 2.55. The normalized spacial score (nSPS) is 16.1. The number of hydrogen-bond donors (Lipinski definition) is 1. The molecule has 2 aromatic carbocycles. The number of benzene rings is 2. The zero-order chi connectivity index (χ0) is 16.4. The van der Waals surface area contributed by atoms with Gasteiger partial charge in [0.2, 0.25) is 0 Å². The van der Waals surface area contributed by atoms with E-state index in [2.05, 4.69) is 5.32 Å². The number of halogens is 1. The van der Waals surface area contributed by atoms with Crippen molar-refractivity contribution in [2.24, 2.45) is 0 Å². The molecule has 2 aromatic rings. The minimum Gasteiger partial charge on any atom is -0.493 e. The Hall–Kier alpha value is -2.60. The van der Waals surface area contributed by atoms with Crippen LogP contribution in [-0.4, -0.2) is 17.4 Å². The molecule has 0 spiro atoms. The van der Waals surface area contributed by atoms with Crippen molar-refractivity contribution in [3.63, 3.8) is 0 Å². The molecule has 1 aliphatic rings. The van der Waals surface area contributed by atoms with Crippen molar-refractivity contribution in [1.82, 2.24) is 5.32 Å². The molecule has 1 heterocycles. The quantitative estimate of drug-likeness (QED) is 0.689. The molecule has 3 rings (SSSR count). The molecule has 23 heavy (non-hydrogen) atoms. The first-order valence-corrected chi connectivity index (χ1v) is 7.40. The molecule has 0 aromatic heterocycles. The van der Waals surface area contributed by atoms with Crippen LogP contribution in [-0.2, 0) is 0 Å². The van der Waals surface area contributed by atoms with E-state index >= 15 is 0 Å². The van der Waals surface area contributed by atoms with Gasteiger partial charge in [0.15, 0.2) is 0 Å². The van der Waals surface area contributed by atoms with Crippen LogP contribution in [0.15, 0.2) is 42.5 Å². The lowest BCUT2D eigenvalue weighted by Crippen LogP contribution is -2.32. The summed E-state index contributed by atoms with van der Waals surface area (Å²) in [6, 6.07) is 10.6. The molecule has 1 amide bonds. The summed E-state index contributed by atoms with van der Waals surface area (Å²) in [7, 11) is 0. The number of nitrogens with zero attached hydrogens (tertiary/aromatic N) is 1. The zero-order valence-corrected chi connectivity index (χ0v) is 12.7. The second-order valence-corrected chi connectivity index (χ2v) is 5.59. The van der Waals surface area contributed by atoms with Gasteiger partial charge in [-0.2, -0.15) is 0 Å². The molecule has 0 saturated carbocycles. The Labute approximate surface area is 137 Å². The summed E-state index contributed by atoms with van der Waals surface area (Å²) in [6.07, 6.45) is 0.631. The highest BCUT2D eigenvalue weighted by Crippen LogP contribution is 2.34. The Morgan fingerprint density at radius 2 is 2.00 bits per heavy atom. The smallest absolute Gasteiger partial charge is 0.269 e. The summed E-state index contributed by atoms with van der Waals surface area (Å²) in [5.74, 6) is 0.410. The lowest BCUT2D eigenvalue weighted by atomic mass is 10.00. The maximum absolute atomic E-state index is 12.3. The number of carbonyl (C=O) groups is 1. The van der Waals surface area contributed by atoms with Crippen LogP contribution in [0.4, 0.5) is 5.69 Å². The van der Waals surface area contributed by atoms with Gasteiger partial charge in [-0.25, -0.2) is 0 Å². The van der Waals surface area contributed by atoms with Gasteiger partial charge in [-0.1, -0.05) is 11.6 Å². The molecule has 7 heteroatoms. The minimum absolute atomic E-state index is 0.0512. The first-order chi connectivity index (χ1) is 11.0. The maximum atomic E-state index is 12.3. The van der Waals surface area contributed by atoms with Crippen molar-refractivity contribution in [2.75, 3.05) is 6.61 Å². The molecule has 1 aliphatic heterocycles. The second-order valence-electron chi connectivity index (χ2n) is 5.15. The lowest BCUT2D eigenvalue weighted by molar-refractivity contribution is -0.384. The molecular formula is C16H13ClN2O4. The van der Waals surface area contributed by atoms with Crippen molar-refractivity contribution < 1.29 is 14.5 Å². The van der Waals surface area contributed by atoms with Crippen LogP contribution in [0, 0.1) is 10.1 Å². The number of rotatable bonds is 3. The van der Waals surface area contributed by atoms with Crippen LogP contribution in [0.25, 0.3) is 0 Å². The molecular weight excluding hydrogens is 320 g/mol. The number of nitro benzene ring substituents is 1. The standard InChI is InChI=1S/C16H13ClN2O4/c17-11-3-6-15-13(9-11)14(7-8-23-15)18-16(20)10-1-4-12(5-2-10)19(21)22/h1-6,9,14H,7-8H2,(H,18,20). The number of amides is 1. The third kappa shape index (κ3) is 3.27. The molecule has 1 N–H and O–H groups in total. The number of carbonyl (C=O) groups excluding carboxylic acids is 1. The predicted octanol–water partition coefficient (Wildman–Crippen LogP) is 3.50. The maximum Gasteiger partial charge on any atom is 0.269 e. The zero-order valence-electron chi connectivity index (χ0n) is 12.0. The predicted molar refractivity (Wildman–Crippen MR) is 84.9 cm³/mol. The number of hydrogen-bond acceptors (Lipinski definition) is 4. The molecule has 1 atom stereocenters. The summed E-state index contributed by atoms with van der Waals surface area (Å²) in [6.45, 7) is 0.500. The van der Waals surface area contributed by atoms with Crippen molar-refractivity contribution in [2.45, 2.75) is 12.5 Å². The largest absolute Gasteiger partial charge is 0.493 e. The second kappa shape index (κ2) is 6.26. The van der Waals surface area contributed by atoms with E-state index in [4.69, 9.17) is 16.3 Å². The summed E-state index contributed by atoms with van der Waals surface area (Å²) in [5.41, 5.74) is 1.15. The topological polar surface area (TPSA) is 81.5 Å². The number of fused-ring (bicyclic) bond motifs is 1. The van der Waals surface area contributed by atoms with E-state index in [1.54, 1.807) is 18.2 Å². The van der Waals surface area contributed by atoms with Crippen molar-refractivity contribution in [3.05, 3.63) is 68.7 Å². The van der Waals surface area contributed by atoms with E-state index in [9.17, 15) is 14.9 Å². The van der Waals surface area contributed by atoms with Crippen molar-refractivity contribution in [3.8, 4) is 5.75 Å². The first kappa shape index (κ1) is 15.3. The number of nitro groups is 1. The van der Waals surface area contributed by atoms with Gasteiger partial charge >= 0.3 is 0 Å². The SMILES string of the molecule is O=C(NC1CCOc2ccc(Cl)cc21)c1ccc([N+](=O)[O-])cc1. The minimum atomic E-state index is -0.502. The van der Waals surface area contributed by atoms with Gasteiger partial charge < -0.3 is 10.1 Å². The van der Waals surface area contributed by atoms with Gasteiger partial charge in [-0.05, 0) is 30.3 Å². The fourth-order valence-corrected chi connectivity index (χ4v) is 2.67. The number of nitrogens with one attached hydrogen (secondary N) is 1. The Kier molecular flexibility index (Phi) is 4.16. The van der Waals surface area contributed by atoms with Crippen molar-refractivity contribution >= 4 is 23.2 Å². The molecule has 118 valence electrons. The number of non-ortho nitro benzene ring substituents is 1. The van der Waals surface area contributed by atoms with E-state index in [0.717, 1.165) is 5.56 Å². The van der Waals surface area contributed by atoms with Gasteiger partial charge in [0.25, 0.3) is 11.6 Å². The molecule has 0 radical (unpaired) electrons. The van der Waals surface area contributed by atoms with Gasteiger partial charge in [0.1, 0.15) is 5.75 Å². The molecule has 0 bridgehead atoms. The van der Waals surface area contributed by atoms with Crippen molar-refractivity contribution in [1.29, 1.82) is 0 Å². The highest BCUT2D eigenvalue weighted by Gasteiger charge is 2.24. The van der Waals surface area contributed by atoms with Crippen LogP contribution in [0.1, 0.15) is 28.4 Å². The third-order valence-corrected chi connectivity index (χ3v) is 3.89. The van der Waals surface area contributed by atoms with E-state index in [1.165, 1.54) is 24.3 Å². The highest BCUT2D eigenvalue weighted by molar-refractivity contribution is 6.30. The Balaban J connectivity index is 1.79. The molecule has 1 unspecified atom stereocenters. The summed E-state index contributed by atoms with van der Waals surface area (Å²) in [4.78, 5) is 22.5. The van der Waals surface area contributed by atoms with E-state index in [1.807, 2.05) is 0 Å². The Morgan fingerprint density at radius 3 is 2.70 bits per heavy atom. The highest BCUT2D eigenvalue weighted by atomic mass is 35.5. The Bertz CT molecular complexity index is 761. The molecule has 6 nitrogen and oxygen atoms in total. The van der Waals surface area contributed by atoms with Gasteiger partial charge in [-0.3, -0.25) is 14.9 Å². The van der Waals surface area contributed by atoms with Crippen LogP contribution in [0.3, 0.4) is 0 Å². The summed E-state index contributed by atoms with van der Waals surface area (Å²) in [5, 5.41) is 14.1. The van der Waals surface area contributed by atoms with E-state index < -0.39 is 4.92 Å². The van der Waals surface area contributed by atoms with E-state index in [-0.39, 0.29) is 17.6 Å². The van der Waals surface area contributed by atoms with E-state index in [0.29, 0.717) is 29.4 Å². The van der Waals surface area contributed by atoms with Crippen LogP contribution in [0.5, 0.6) is 5.75 Å². The van der Waals surface area contributed by atoms with Crippen LogP contribution in [0.2, 0.25) is 5.02 Å². The fraction of sp³-hybridized carbons (Fsp3) is 0.188. The number of ether oxygens (including phenoxy) is 1. The first-order valence-electron chi connectivity index (χ1n) is 7.02. The molecule has 0 aliphatic carbocycles. The van der Waals surface area contributed by atoms with Crippen LogP contribution >= 0.6 is 11.6 Å².